The minimum atomic E-state index is -0.513. The van der Waals surface area contributed by atoms with E-state index in [2.05, 4.69) is 9.47 Å². The Morgan fingerprint density at radius 2 is 2.03 bits per heavy atom. The van der Waals surface area contributed by atoms with E-state index in [9.17, 15) is 5.11 Å². The summed E-state index contributed by atoms with van der Waals surface area (Å²) in [6.07, 6.45) is 1.63. The quantitative estimate of drug-likeness (QED) is 0.612. The molecule has 1 aliphatic heterocycles. The van der Waals surface area contributed by atoms with E-state index >= 15 is 0 Å². The molecule has 1 aliphatic rings. The fourth-order valence-electron chi connectivity index (χ4n) is 4.05. The maximum absolute atomic E-state index is 10.6. The zero-order chi connectivity index (χ0) is 20.4. The largest absolute Gasteiger partial charge is 0.497 e. The number of benzene rings is 2. The van der Waals surface area contributed by atoms with Crippen molar-refractivity contribution in [3.05, 3.63) is 57.9 Å². The van der Waals surface area contributed by atoms with Gasteiger partial charge in [0.1, 0.15) is 5.75 Å². The second-order valence-electron chi connectivity index (χ2n) is 7.67. The fraction of sp³-hybridized carbons (Fsp3) is 0.409. The number of β-amino-alcohol motifs (C(OH)–C–C–N with tert-alkyl or cyclic N) is 1. The number of aliphatic hydroxyl groups excluding tert-OH is 1. The van der Waals surface area contributed by atoms with E-state index in [0.717, 1.165) is 54.0 Å². The first kappa shape index (κ1) is 20.4. The molecule has 2 aromatic carbocycles. The highest BCUT2D eigenvalue weighted by Crippen LogP contribution is 2.26. The molecule has 0 saturated carbocycles. The molecule has 3 aromatic rings. The molecule has 7 heteroatoms. The van der Waals surface area contributed by atoms with Crippen LogP contribution in [0.1, 0.15) is 24.5 Å². The van der Waals surface area contributed by atoms with Crippen LogP contribution in [0.5, 0.6) is 5.75 Å². The molecule has 0 bridgehead atoms. The molecule has 0 aliphatic carbocycles. The molecular weight excluding hydrogens is 406 g/mol. The Morgan fingerprint density at radius 1 is 1.24 bits per heavy atom. The maximum atomic E-state index is 10.6. The van der Waals surface area contributed by atoms with E-state index in [0.29, 0.717) is 22.3 Å². The molecule has 2 N–H and O–H groups in total. The van der Waals surface area contributed by atoms with Gasteiger partial charge in [0.25, 0.3) is 0 Å². The van der Waals surface area contributed by atoms with E-state index in [1.165, 1.54) is 11.3 Å². The van der Waals surface area contributed by atoms with E-state index in [-0.39, 0.29) is 0 Å². The van der Waals surface area contributed by atoms with Crippen molar-refractivity contribution in [2.75, 3.05) is 26.7 Å². The number of fused-ring (bicyclic) bond motifs is 1. The summed E-state index contributed by atoms with van der Waals surface area (Å²) in [6, 6.07) is 13.5. The summed E-state index contributed by atoms with van der Waals surface area (Å²) < 4.78 is 8.44. The van der Waals surface area contributed by atoms with Crippen LogP contribution in [0.4, 0.5) is 0 Å². The lowest BCUT2D eigenvalue weighted by atomic mass is 9.96. The number of aliphatic hydroxyl groups is 1. The topological polar surface area (TPSA) is 61.5 Å². The van der Waals surface area contributed by atoms with Gasteiger partial charge in [0, 0.05) is 18.1 Å². The van der Waals surface area contributed by atoms with Gasteiger partial charge in [-0.25, -0.2) is 0 Å². The number of likely N-dealkylation sites (tertiary alicyclic amines) is 1. The van der Waals surface area contributed by atoms with E-state index < -0.39 is 6.10 Å². The predicted octanol–water partition coefficient (Wildman–Crippen LogP) is 4.29. The van der Waals surface area contributed by atoms with Crippen LogP contribution >= 0.6 is 22.9 Å². The lowest BCUT2D eigenvalue weighted by molar-refractivity contribution is 0.0866. The number of hydrogen-bond acceptors (Lipinski definition) is 5. The van der Waals surface area contributed by atoms with Crippen molar-refractivity contribution in [3.63, 3.8) is 0 Å². The zero-order valence-corrected chi connectivity index (χ0v) is 18.0. The number of aromatic nitrogens is 1. The minimum absolute atomic E-state index is 0.513. The third kappa shape index (κ3) is 4.67. The molecule has 1 fully saturated rings. The minimum Gasteiger partial charge on any atom is -0.497 e. The molecular formula is C22H26ClN3O2S. The highest BCUT2D eigenvalue weighted by atomic mass is 35.5. The first-order valence-corrected chi connectivity index (χ1v) is 11.1. The number of hydrogen-bond donors (Lipinski definition) is 2. The fourth-order valence-corrected chi connectivity index (χ4v) is 5.25. The van der Waals surface area contributed by atoms with Crippen molar-refractivity contribution in [1.82, 2.24) is 9.47 Å². The molecule has 0 spiro atoms. The summed E-state index contributed by atoms with van der Waals surface area (Å²) in [5.74, 6) is 1.32. The average Bonchev–Trinajstić information content (AvgIpc) is 3.03. The van der Waals surface area contributed by atoms with Crippen molar-refractivity contribution in [2.45, 2.75) is 25.5 Å². The van der Waals surface area contributed by atoms with Gasteiger partial charge in [-0.05, 0) is 67.7 Å². The molecule has 0 unspecified atom stereocenters. The van der Waals surface area contributed by atoms with Gasteiger partial charge >= 0.3 is 0 Å². The highest BCUT2D eigenvalue weighted by Gasteiger charge is 2.23. The Kier molecular flexibility index (Phi) is 6.25. The predicted molar refractivity (Wildman–Crippen MR) is 118 cm³/mol. The number of ether oxygens (including phenoxy) is 1. The van der Waals surface area contributed by atoms with Gasteiger partial charge in [0.2, 0.25) is 0 Å². The molecule has 2 heterocycles. The standard InChI is InChI=1S/C22H26ClN3O2S/c1-28-18-4-2-3-16(11-18)20(27)14-25-9-7-15(8-10-25)13-26-19-6-5-17(23)12-21(19)29-22(26)24/h2-6,11-12,15,20,24,27H,7-10,13-14H2,1H3/t20-/m1/s1. The Labute approximate surface area is 179 Å². The SMILES string of the molecule is COc1cccc([C@H](O)CN2CCC(Cn3c(=N)sc4cc(Cl)ccc43)CC2)c1. The number of piperidine rings is 1. The summed E-state index contributed by atoms with van der Waals surface area (Å²) in [4.78, 5) is 2.91. The summed E-state index contributed by atoms with van der Waals surface area (Å²) >= 11 is 7.58. The average molecular weight is 432 g/mol. The number of halogens is 1. The normalized spacial score (nSPS) is 16.9. The van der Waals surface area contributed by atoms with Crippen LogP contribution in [0.3, 0.4) is 0 Å². The lowest BCUT2D eigenvalue weighted by Crippen LogP contribution is -2.38. The maximum Gasteiger partial charge on any atom is 0.182 e. The third-order valence-corrected chi connectivity index (χ3v) is 6.92. The Hall–Kier alpha value is -1.86. The molecule has 1 atom stereocenters. The molecule has 0 amide bonds. The Bertz CT molecular complexity index is 1040. The van der Waals surface area contributed by atoms with Crippen molar-refractivity contribution in [3.8, 4) is 5.75 Å². The number of nitrogens with one attached hydrogen (secondary N) is 1. The molecule has 154 valence electrons. The van der Waals surface area contributed by atoms with Crippen LogP contribution in [0.2, 0.25) is 5.02 Å². The number of rotatable bonds is 6. The van der Waals surface area contributed by atoms with Crippen LogP contribution < -0.4 is 9.54 Å². The molecule has 1 saturated heterocycles. The van der Waals surface area contributed by atoms with Crippen LogP contribution in [0.15, 0.2) is 42.5 Å². The van der Waals surface area contributed by atoms with Crippen molar-refractivity contribution < 1.29 is 9.84 Å². The van der Waals surface area contributed by atoms with E-state index in [4.69, 9.17) is 21.7 Å². The molecule has 29 heavy (non-hydrogen) atoms. The van der Waals surface area contributed by atoms with Gasteiger partial charge in [-0.2, -0.15) is 0 Å². The second-order valence-corrected chi connectivity index (χ2v) is 9.13. The monoisotopic (exact) mass is 431 g/mol. The summed E-state index contributed by atoms with van der Waals surface area (Å²) in [7, 11) is 1.64. The van der Waals surface area contributed by atoms with Gasteiger partial charge in [-0.1, -0.05) is 35.1 Å². The third-order valence-electron chi connectivity index (χ3n) is 5.72. The van der Waals surface area contributed by atoms with Gasteiger partial charge in [0.05, 0.1) is 23.4 Å². The molecule has 5 nitrogen and oxygen atoms in total. The van der Waals surface area contributed by atoms with Crippen LogP contribution in [-0.2, 0) is 6.54 Å². The van der Waals surface area contributed by atoms with Crippen molar-refractivity contribution >= 4 is 33.2 Å². The number of methoxy groups -OCH3 is 1. The van der Waals surface area contributed by atoms with Gasteiger partial charge in [0.15, 0.2) is 4.80 Å². The van der Waals surface area contributed by atoms with Gasteiger partial charge in [-0.3, -0.25) is 5.41 Å². The summed E-state index contributed by atoms with van der Waals surface area (Å²) in [5, 5.41) is 19.7. The first-order valence-electron chi connectivity index (χ1n) is 9.91. The van der Waals surface area contributed by atoms with Crippen LogP contribution in [0.25, 0.3) is 10.2 Å². The van der Waals surface area contributed by atoms with E-state index in [1.54, 1.807) is 7.11 Å². The number of thiazole rings is 1. The summed E-state index contributed by atoms with van der Waals surface area (Å²) in [5.41, 5.74) is 1.99. The van der Waals surface area contributed by atoms with Gasteiger partial charge < -0.3 is 19.3 Å². The summed E-state index contributed by atoms with van der Waals surface area (Å²) in [6.45, 7) is 3.43. The Morgan fingerprint density at radius 3 is 2.79 bits per heavy atom. The molecule has 0 radical (unpaired) electrons. The first-order chi connectivity index (χ1) is 14.0. The van der Waals surface area contributed by atoms with Crippen LogP contribution in [0, 0.1) is 11.3 Å². The second kappa shape index (κ2) is 8.88. The lowest BCUT2D eigenvalue weighted by Gasteiger charge is -2.33. The van der Waals surface area contributed by atoms with E-state index in [1.807, 2.05) is 42.5 Å². The smallest absolute Gasteiger partial charge is 0.182 e. The highest BCUT2D eigenvalue weighted by molar-refractivity contribution is 7.16. The molecule has 4 rings (SSSR count). The van der Waals surface area contributed by atoms with Crippen LogP contribution in [-0.4, -0.2) is 41.3 Å². The van der Waals surface area contributed by atoms with Crippen molar-refractivity contribution in [1.29, 1.82) is 5.41 Å². The zero-order valence-electron chi connectivity index (χ0n) is 16.5. The van der Waals surface area contributed by atoms with Crippen molar-refractivity contribution in [2.24, 2.45) is 5.92 Å². The molecule has 1 aromatic heterocycles. The Balaban J connectivity index is 1.35. The number of nitrogens with zero attached hydrogens (tertiary/aromatic N) is 2. The van der Waals surface area contributed by atoms with Gasteiger partial charge in [-0.15, -0.1) is 0 Å².